The van der Waals surface area contributed by atoms with Crippen molar-refractivity contribution in [3.05, 3.63) is 144 Å². The third-order valence-corrected chi connectivity index (χ3v) is 12.4. The summed E-state index contributed by atoms with van der Waals surface area (Å²) in [5.74, 6) is 0. The zero-order chi connectivity index (χ0) is 28.8. The van der Waals surface area contributed by atoms with Crippen LogP contribution in [0.15, 0.2) is 121 Å². The van der Waals surface area contributed by atoms with E-state index in [9.17, 15) is 0 Å². The average molecular weight is 597 g/mol. The maximum Gasteiger partial charge on any atom is 0.0542 e. The highest BCUT2D eigenvalue weighted by molar-refractivity contribution is 7.36. The van der Waals surface area contributed by atoms with E-state index in [1.54, 1.807) is 0 Å². The second-order valence-electron chi connectivity index (χ2n) is 12.3. The maximum absolute atomic E-state index is 2.43. The van der Waals surface area contributed by atoms with Crippen LogP contribution in [-0.2, 0) is 25.7 Å². The smallest absolute Gasteiger partial charge is 0.0542 e. The summed E-state index contributed by atoms with van der Waals surface area (Å²) >= 11 is 3.90. The molecular formula is C42H28S2. The Morgan fingerprint density at radius 3 is 1.23 bits per heavy atom. The van der Waals surface area contributed by atoms with E-state index in [-0.39, 0.29) is 0 Å². The van der Waals surface area contributed by atoms with Gasteiger partial charge in [-0.05, 0) is 105 Å². The van der Waals surface area contributed by atoms with Crippen LogP contribution in [0.3, 0.4) is 0 Å². The quantitative estimate of drug-likeness (QED) is 0.186. The van der Waals surface area contributed by atoms with Gasteiger partial charge < -0.3 is 0 Å². The van der Waals surface area contributed by atoms with E-state index >= 15 is 0 Å². The van der Waals surface area contributed by atoms with Crippen LogP contribution < -0.4 is 0 Å². The van der Waals surface area contributed by atoms with Crippen LogP contribution in [0.4, 0.5) is 0 Å². The van der Waals surface area contributed by atoms with Gasteiger partial charge in [0.2, 0.25) is 0 Å². The van der Waals surface area contributed by atoms with Crippen LogP contribution in [0.25, 0.3) is 74.1 Å². The van der Waals surface area contributed by atoms with E-state index in [2.05, 4.69) is 121 Å². The van der Waals surface area contributed by atoms with Crippen molar-refractivity contribution in [3.8, 4) is 44.5 Å². The van der Waals surface area contributed by atoms with Crippen molar-refractivity contribution in [1.29, 1.82) is 0 Å². The van der Waals surface area contributed by atoms with E-state index < -0.39 is 0 Å². The highest BCUT2D eigenvalue weighted by Crippen LogP contribution is 2.46. The molecule has 0 amide bonds. The second kappa shape index (κ2) is 9.50. The van der Waals surface area contributed by atoms with Crippen molar-refractivity contribution < 1.29 is 0 Å². The molecule has 0 fully saturated rings. The summed E-state index contributed by atoms with van der Waals surface area (Å²) in [5, 5.41) is 2.77. The first-order valence-electron chi connectivity index (χ1n) is 15.6. The Kier molecular flexibility index (Phi) is 5.37. The molecule has 10 rings (SSSR count). The molecular weight excluding hydrogens is 569 g/mol. The Hall–Kier alpha value is -4.50. The molecule has 0 atom stereocenters. The lowest BCUT2D eigenvalue weighted by atomic mass is 9.84. The summed E-state index contributed by atoms with van der Waals surface area (Å²) in [6.45, 7) is 0. The molecule has 0 aliphatic heterocycles. The number of aryl methyl sites for hydroxylation is 4. The zero-order valence-electron chi connectivity index (χ0n) is 24.2. The fourth-order valence-corrected chi connectivity index (χ4v) is 10.4. The first-order chi connectivity index (χ1) is 21.8. The highest BCUT2D eigenvalue weighted by Gasteiger charge is 2.19. The monoisotopic (exact) mass is 596 g/mol. The molecule has 0 unspecified atom stereocenters. The Labute approximate surface area is 264 Å². The highest BCUT2D eigenvalue weighted by atomic mass is 32.1. The molecule has 2 aliphatic carbocycles. The van der Waals surface area contributed by atoms with Gasteiger partial charge >= 0.3 is 0 Å². The van der Waals surface area contributed by atoms with Gasteiger partial charge in [0.25, 0.3) is 0 Å². The molecule has 2 aliphatic rings. The molecule has 8 aromatic rings. The molecule has 2 heteroatoms. The minimum Gasteiger partial charge on any atom is -0.134 e. The lowest BCUT2D eigenvalue weighted by Gasteiger charge is -2.20. The van der Waals surface area contributed by atoms with Gasteiger partial charge in [-0.2, -0.15) is 0 Å². The Morgan fingerprint density at radius 1 is 0.341 bits per heavy atom. The Bertz CT molecular complexity index is 2280. The molecule has 208 valence electrons. The van der Waals surface area contributed by atoms with Crippen LogP contribution in [0.1, 0.15) is 22.3 Å². The molecule has 0 N–H and O–H groups in total. The summed E-state index contributed by atoms with van der Waals surface area (Å²) in [7, 11) is 0. The predicted molar refractivity (Wildman–Crippen MR) is 191 cm³/mol. The molecule has 0 nitrogen and oxygen atoms in total. The van der Waals surface area contributed by atoms with Gasteiger partial charge in [0, 0.05) is 20.2 Å². The summed E-state index contributed by atoms with van der Waals surface area (Å²) in [6, 6.07) is 46.1. The van der Waals surface area contributed by atoms with Crippen molar-refractivity contribution in [2.75, 3.05) is 0 Å². The minimum atomic E-state index is 1.12. The van der Waals surface area contributed by atoms with Crippen LogP contribution >= 0.6 is 22.7 Å². The van der Waals surface area contributed by atoms with E-state index in [0.717, 1.165) is 25.7 Å². The van der Waals surface area contributed by atoms with E-state index in [4.69, 9.17) is 0 Å². The number of fused-ring (bicyclic) bond motifs is 11. The Morgan fingerprint density at radius 2 is 0.727 bits per heavy atom. The van der Waals surface area contributed by atoms with Gasteiger partial charge in [0.05, 0.1) is 9.40 Å². The predicted octanol–water partition coefficient (Wildman–Crippen LogP) is 12.1. The second-order valence-corrected chi connectivity index (χ2v) is 14.4. The molecule has 0 saturated heterocycles. The number of benzene rings is 6. The third kappa shape index (κ3) is 3.75. The topological polar surface area (TPSA) is 0 Å². The Balaban J connectivity index is 1.01. The van der Waals surface area contributed by atoms with Crippen molar-refractivity contribution in [2.45, 2.75) is 25.7 Å². The number of hydrogen-bond donors (Lipinski definition) is 0. The van der Waals surface area contributed by atoms with Gasteiger partial charge in [-0.15, -0.1) is 22.7 Å². The van der Waals surface area contributed by atoms with Crippen molar-refractivity contribution >= 4 is 52.2 Å². The molecule has 44 heavy (non-hydrogen) atoms. The lowest BCUT2D eigenvalue weighted by Crippen LogP contribution is -2.03. The zero-order valence-corrected chi connectivity index (χ0v) is 25.8. The van der Waals surface area contributed by atoms with Crippen molar-refractivity contribution in [1.82, 2.24) is 0 Å². The van der Waals surface area contributed by atoms with Crippen molar-refractivity contribution in [3.63, 3.8) is 0 Å². The number of rotatable bonds is 2. The van der Waals surface area contributed by atoms with Crippen molar-refractivity contribution in [2.24, 2.45) is 0 Å². The molecule has 2 heterocycles. The molecule has 0 radical (unpaired) electrons. The van der Waals surface area contributed by atoms with E-state index in [1.165, 1.54) is 96.3 Å². The largest absolute Gasteiger partial charge is 0.134 e. The SMILES string of the molecule is c1ccc2c(c1)CCc1cc(-c3ccc4c(c3)sc3c5ccc(-c6ccc7c(c6)CCc6ccccc6-7)cc5sc43)ccc1-2. The van der Waals surface area contributed by atoms with E-state index in [0.29, 0.717) is 0 Å². The van der Waals surface area contributed by atoms with Gasteiger partial charge in [-0.3, -0.25) is 0 Å². The number of thiophene rings is 2. The normalized spacial score (nSPS) is 13.5. The van der Waals surface area contributed by atoms with Gasteiger partial charge in [-0.1, -0.05) is 109 Å². The summed E-state index contributed by atoms with van der Waals surface area (Å²) in [4.78, 5) is 0. The first kappa shape index (κ1) is 24.9. The maximum atomic E-state index is 2.43. The fraction of sp³-hybridized carbons (Fsp3) is 0.0952. The van der Waals surface area contributed by atoms with Gasteiger partial charge in [-0.25, -0.2) is 0 Å². The van der Waals surface area contributed by atoms with Crippen LogP contribution in [-0.4, -0.2) is 0 Å². The molecule has 0 saturated carbocycles. The standard InChI is InChI=1S/C42H28S2/c1-3-7-33-25(5-1)9-11-31-21-27(13-17-35(31)33)29-15-19-37-39(23-29)43-42-38-20-16-30(24-40(38)44-41(37)42)28-14-18-36-32(22-28)12-10-26-6-2-4-8-34(26)36/h1-8,13-24H,9-12H2. The summed E-state index contributed by atoms with van der Waals surface area (Å²) in [5.41, 5.74) is 16.8. The fourth-order valence-electron chi connectivity index (χ4n) is 7.64. The average Bonchev–Trinajstić information content (AvgIpc) is 3.62. The third-order valence-electron chi connectivity index (χ3n) is 9.90. The number of hydrogen-bond acceptors (Lipinski definition) is 2. The molecule has 2 aromatic heterocycles. The lowest BCUT2D eigenvalue weighted by molar-refractivity contribution is 0.942. The molecule has 6 aromatic carbocycles. The van der Waals surface area contributed by atoms with Gasteiger partial charge in [0.1, 0.15) is 0 Å². The van der Waals surface area contributed by atoms with Crippen LogP contribution in [0, 0.1) is 0 Å². The van der Waals surface area contributed by atoms with Gasteiger partial charge in [0.15, 0.2) is 0 Å². The first-order valence-corrected chi connectivity index (χ1v) is 17.2. The summed E-state index contributed by atoms with van der Waals surface area (Å²) < 4.78 is 5.61. The van der Waals surface area contributed by atoms with Crippen LogP contribution in [0.5, 0.6) is 0 Å². The minimum absolute atomic E-state index is 1.12. The summed E-state index contributed by atoms with van der Waals surface area (Å²) in [6.07, 6.45) is 4.49. The van der Waals surface area contributed by atoms with E-state index in [1.807, 2.05) is 22.7 Å². The molecule has 0 bridgehead atoms. The van der Waals surface area contributed by atoms with Crippen LogP contribution in [0.2, 0.25) is 0 Å². The molecule has 0 spiro atoms.